The van der Waals surface area contributed by atoms with Gasteiger partial charge in [-0.15, -0.1) is 0 Å². The zero-order chi connectivity index (χ0) is 19.5. The molecule has 1 fully saturated rings. The van der Waals surface area contributed by atoms with E-state index in [0.717, 1.165) is 30.8 Å². The molecule has 0 radical (unpaired) electrons. The second kappa shape index (κ2) is 6.10. The average molecular weight is 397 g/mol. The lowest BCUT2D eigenvalue weighted by molar-refractivity contribution is 0.176. The molecule has 1 aromatic carbocycles. The van der Waals surface area contributed by atoms with Crippen molar-refractivity contribution in [2.24, 2.45) is 11.0 Å². The van der Waals surface area contributed by atoms with E-state index in [1.807, 2.05) is 11.2 Å². The predicted molar refractivity (Wildman–Crippen MR) is 98.8 cm³/mol. The van der Waals surface area contributed by atoms with Crippen LogP contribution in [0.3, 0.4) is 0 Å². The molecular weight excluding hydrogens is 380 g/mol. The smallest absolute Gasteiger partial charge is 0.261 e. The van der Waals surface area contributed by atoms with Crippen molar-refractivity contribution < 1.29 is 13.3 Å². The SMILES string of the molecule is Fc1ccc(-c2nc(C3=NNC4C5CCCCC5n5cncc5N34)no2)c(F)c1. The summed E-state index contributed by atoms with van der Waals surface area (Å²) in [6.45, 7) is 0. The number of rotatable bonds is 2. The van der Waals surface area contributed by atoms with E-state index in [1.165, 1.54) is 18.9 Å². The molecule has 3 aliphatic rings. The Balaban J connectivity index is 1.38. The second-order valence-electron chi connectivity index (χ2n) is 7.60. The monoisotopic (exact) mass is 397 g/mol. The number of hydrazone groups is 1. The fourth-order valence-electron chi connectivity index (χ4n) is 4.75. The Morgan fingerprint density at radius 1 is 1.17 bits per heavy atom. The number of nitrogens with one attached hydrogen (secondary N) is 1. The second-order valence-corrected chi connectivity index (χ2v) is 7.60. The highest BCUT2D eigenvalue weighted by atomic mass is 19.1. The van der Waals surface area contributed by atoms with Crippen LogP contribution in [0.2, 0.25) is 0 Å². The highest BCUT2D eigenvalue weighted by molar-refractivity contribution is 6.08. The minimum absolute atomic E-state index is 0.0102. The molecular formula is C19H17F2N7O. The van der Waals surface area contributed by atoms with Gasteiger partial charge in [-0.1, -0.05) is 18.0 Å². The molecule has 29 heavy (non-hydrogen) atoms. The fourth-order valence-corrected chi connectivity index (χ4v) is 4.75. The van der Waals surface area contributed by atoms with E-state index in [9.17, 15) is 8.78 Å². The van der Waals surface area contributed by atoms with Crippen LogP contribution in [0.15, 0.2) is 40.3 Å². The molecule has 1 saturated carbocycles. The molecule has 3 unspecified atom stereocenters. The normalized spacial score (nSPS) is 25.1. The maximum atomic E-state index is 14.1. The third-order valence-electron chi connectivity index (χ3n) is 6.03. The van der Waals surface area contributed by atoms with Crippen LogP contribution in [0.25, 0.3) is 11.5 Å². The Bertz CT molecular complexity index is 1120. The number of hydrogen-bond donors (Lipinski definition) is 1. The Labute approximate surface area is 164 Å². The molecule has 0 spiro atoms. The van der Waals surface area contributed by atoms with Crippen molar-refractivity contribution in [2.75, 3.05) is 4.90 Å². The van der Waals surface area contributed by atoms with Crippen LogP contribution in [-0.4, -0.2) is 31.7 Å². The number of halogens is 2. The third kappa shape index (κ3) is 2.41. The number of nitrogens with zero attached hydrogens (tertiary/aromatic N) is 6. The van der Waals surface area contributed by atoms with Gasteiger partial charge in [-0.05, 0) is 25.0 Å². The maximum Gasteiger partial charge on any atom is 0.261 e. The van der Waals surface area contributed by atoms with E-state index in [1.54, 1.807) is 6.20 Å². The quantitative estimate of drug-likeness (QED) is 0.716. The summed E-state index contributed by atoms with van der Waals surface area (Å²) in [4.78, 5) is 10.7. The van der Waals surface area contributed by atoms with Crippen molar-refractivity contribution in [3.05, 3.63) is 48.2 Å². The Morgan fingerprint density at radius 3 is 2.97 bits per heavy atom. The first-order valence-electron chi connectivity index (χ1n) is 9.64. The fraction of sp³-hybridized carbons (Fsp3) is 0.368. The lowest BCUT2D eigenvalue weighted by Crippen LogP contribution is -2.53. The molecule has 3 atom stereocenters. The summed E-state index contributed by atoms with van der Waals surface area (Å²) in [5.41, 5.74) is 3.28. The molecule has 148 valence electrons. The highest BCUT2D eigenvalue weighted by Gasteiger charge is 2.47. The Morgan fingerprint density at radius 2 is 2.07 bits per heavy atom. The molecule has 10 heteroatoms. The van der Waals surface area contributed by atoms with Gasteiger partial charge in [0.1, 0.15) is 23.6 Å². The number of hydrogen-bond acceptors (Lipinski definition) is 7. The topological polar surface area (TPSA) is 84.4 Å². The van der Waals surface area contributed by atoms with Crippen LogP contribution < -0.4 is 10.3 Å². The van der Waals surface area contributed by atoms with Crippen molar-refractivity contribution in [1.82, 2.24) is 25.1 Å². The Hall–Kier alpha value is -3.30. The first-order chi connectivity index (χ1) is 14.2. The molecule has 8 nitrogen and oxygen atoms in total. The standard InChI is InChI=1S/C19H17F2N7O/c20-10-5-6-11(13(21)7-10)19-23-16(26-29-19)18-25-24-17-12-3-1-2-4-14(12)27-9-22-8-15(27)28(17)18/h5-9,12,14,17,24H,1-4H2. The van der Waals surface area contributed by atoms with E-state index in [0.29, 0.717) is 17.8 Å². The maximum absolute atomic E-state index is 14.1. The first-order valence-corrected chi connectivity index (χ1v) is 9.64. The number of benzene rings is 1. The summed E-state index contributed by atoms with van der Waals surface area (Å²) in [7, 11) is 0. The van der Waals surface area contributed by atoms with Crippen LogP contribution in [0.1, 0.15) is 37.5 Å². The van der Waals surface area contributed by atoms with E-state index in [2.05, 4.69) is 30.2 Å². The van der Waals surface area contributed by atoms with Crippen molar-refractivity contribution in [3.63, 3.8) is 0 Å². The van der Waals surface area contributed by atoms with Crippen LogP contribution in [-0.2, 0) is 0 Å². The minimum Gasteiger partial charge on any atom is -0.333 e. The molecule has 0 saturated heterocycles. The summed E-state index contributed by atoms with van der Waals surface area (Å²) >= 11 is 0. The Kier molecular flexibility index (Phi) is 3.50. The van der Waals surface area contributed by atoms with Gasteiger partial charge < -0.3 is 9.09 Å². The third-order valence-corrected chi connectivity index (χ3v) is 6.03. The van der Waals surface area contributed by atoms with Crippen molar-refractivity contribution >= 4 is 11.7 Å². The van der Waals surface area contributed by atoms with Crippen LogP contribution in [0.4, 0.5) is 14.6 Å². The van der Waals surface area contributed by atoms with Crippen molar-refractivity contribution in [3.8, 4) is 11.5 Å². The summed E-state index contributed by atoms with van der Waals surface area (Å²) < 4.78 is 34.8. The lowest BCUT2D eigenvalue weighted by Gasteiger charge is -2.45. The molecule has 2 aromatic heterocycles. The van der Waals surface area contributed by atoms with Crippen molar-refractivity contribution in [2.45, 2.75) is 37.9 Å². The lowest BCUT2D eigenvalue weighted by atomic mass is 9.80. The largest absolute Gasteiger partial charge is 0.333 e. The van der Waals surface area contributed by atoms with Crippen molar-refractivity contribution in [1.29, 1.82) is 0 Å². The van der Waals surface area contributed by atoms with E-state index in [4.69, 9.17) is 4.52 Å². The summed E-state index contributed by atoms with van der Waals surface area (Å²) in [5, 5.41) is 8.48. The number of anilines is 1. The van der Waals surface area contributed by atoms with Crippen LogP contribution >= 0.6 is 0 Å². The molecule has 1 N–H and O–H groups in total. The van der Waals surface area contributed by atoms with Gasteiger partial charge in [0, 0.05) is 18.0 Å². The molecule has 6 rings (SSSR count). The molecule has 1 aliphatic carbocycles. The van der Waals surface area contributed by atoms with Gasteiger partial charge in [0.05, 0.1) is 18.1 Å². The summed E-state index contributed by atoms with van der Waals surface area (Å²) in [6, 6.07) is 3.61. The summed E-state index contributed by atoms with van der Waals surface area (Å²) in [5.74, 6) is 0.588. The number of imidazole rings is 1. The van der Waals surface area contributed by atoms with Gasteiger partial charge in [-0.3, -0.25) is 10.3 Å². The van der Waals surface area contributed by atoms with E-state index >= 15 is 0 Å². The van der Waals surface area contributed by atoms with Gasteiger partial charge in [0.25, 0.3) is 5.89 Å². The molecule has 4 heterocycles. The molecule has 2 aliphatic heterocycles. The van der Waals surface area contributed by atoms with Crippen LogP contribution in [0.5, 0.6) is 0 Å². The molecule has 0 amide bonds. The van der Waals surface area contributed by atoms with Crippen LogP contribution in [0, 0.1) is 17.6 Å². The zero-order valence-electron chi connectivity index (χ0n) is 15.3. The number of fused-ring (bicyclic) bond motifs is 6. The van der Waals surface area contributed by atoms with E-state index in [-0.39, 0.29) is 23.4 Å². The van der Waals surface area contributed by atoms with E-state index < -0.39 is 11.6 Å². The highest BCUT2D eigenvalue weighted by Crippen LogP contribution is 2.45. The average Bonchev–Trinajstić information content (AvgIpc) is 3.46. The minimum atomic E-state index is -0.759. The van der Waals surface area contributed by atoms with Gasteiger partial charge in [0.15, 0.2) is 0 Å². The first kappa shape index (κ1) is 16.6. The molecule has 0 bridgehead atoms. The van der Waals surface area contributed by atoms with Gasteiger partial charge in [-0.25, -0.2) is 13.8 Å². The van der Waals surface area contributed by atoms with Gasteiger partial charge >= 0.3 is 0 Å². The van der Waals surface area contributed by atoms with Gasteiger partial charge in [0.2, 0.25) is 11.7 Å². The summed E-state index contributed by atoms with van der Waals surface area (Å²) in [6.07, 6.45) is 8.26. The van der Waals surface area contributed by atoms with Gasteiger partial charge in [-0.2, -0.15) is 10.1 Å². The zero-order valence-corrected chi connectivity index (χ0v) is 15.3. The number of amidine groups is 1. The number of aromatic nitrogens is 4. The predicted octanol–water partition coefficient (Wildman–Crippen LogP) is 3.05. The molecule has 3 aromatic rings.